The van der Waals surface area contributed by atoms with Crippen LogP contribution in [-0.4, -0.2) is 37.6 Å². The molecule has 0 radical (unpaired) electrons. The van der Waals surface area contributed by atoms with Crippen molar-refractivity contribution in [2.75, 3.05) is 6.61 Å². The standard InChI is InChI=1S/C30H32FN3O5/c1-17-20-7-6-14-38-23(20)13-12-21(17)24-22-15-32-34(16-18-8-10-19(31)11-9-18)25(22)28(35)33(5)26(24)27(29(36)37)39-30(2,3)4/h8-13,15,27H,6-7,14,16H2,1-5H3,(H,36,37). The van der Waals surface area contributed by atoms with Gasteiger partial charge in [-0.1, -0.05) is 18.2 Å². The quantitative estimate of drug-likeness (QED) is 0.368. The molecule has 0 aliphatic carbocycles. The summed E-state index contributed by atoms with van der Waals surface area (Å²) < 4.78 is 28.4. The largest absolute Gasteiger partial charge is 0.493 e. The summed E-state index contributed by atoms with van der Waals surface area (Å²) in [6.07, 6.45) is 1.91. The molecule has 1 aliphatic heterocycles. The number of rotatable bonds is 6. The fraction of sp³-hybridized carbons (Fsp3) is 0.367. The number of carboxylic acids is 1. The van der Waals surface area contributed by atoms with Crippen LogP contribution in [0.15, 0.2) is 47.4 Å². The number of carbonyl (C=O) groups is 1. The van der Waals surface area contributed by atoms with E-state index in [0.717, 1.165) is 40.8 Å². The van der Waals surface area contributed by atoms with Gasteiger partial charge < -0.3 is 19.1 Å². The second-order valence-electron chi connectivity index (χ2n) is 10.9. The Hall–Kier alpha value is -3.98. The highest BCUT2D eigenvalue weighted by molar-refractivity contribution is 5.98. The van der Waals surface area contributed by atoms with E-state index in [0.29, 0.717) is 23.1 Å². The van der Waals surface area contributed by atoms with Crippen molar-refractivity contribution in [3.8, 4) is 16.9 Å². The molecule has 9 heteroatoms. The summed E-state index contributed by atoms with van der Waals surface area (Å²) in [5, 5.41) is 15.4. The molecule has 0 saturated heterocycles. The highest BCUT2D eigenvalue weighted by Gasteiger charge is 2.34. The Morgan fingerprint density at radius 2 is 1.92 bits per heavy atom. The van der Waals surface area contributed by atoms with Gasteiger partial charge in [-0.05, 0) is 81.0 Å². The molecule has 5 rings (SSSR count). The number of nitrogens with zero attached hydrogens (tertiary/aromatic N) is 3. The molecule has 0 spiro atoms. The third-order valence-corrected chi connectivity index (χ3v) is 7.08. The van der Waals surface area contributed by atoms with Crippen molar-refractivity contribution >= 4 is 16.9 Å². The summed E-state index contributed by atoms with van der Waals surface area (Å²) in [4.78, 5) is 26.5. The number of aliphatic carboxylic acids is 1. The molecule has 0 saturated carbocycles. The number of hydrogen-bond acceptors (Lipinski definition) is 5. The predicted molar refractivity (Wildman–Crippen MR) is 146 cm³/mol. The molecule has 8 nitrogen and oxygen atoms in total. The summed E-state index contributed by atoms with van der Waals surface area (Å²) in [5.74, 6) is -0.728. The molecule has 1 atom stereocenters. The summed E-state index contributed by atoms with van der Waals surface area (Å²) in [7, 11) is 1.56. The van der Waals surface area contributed by atoms with Crippen LogP contribution in [-0.2, 0) is 29.5 Å². The average molecular weight is 534 g/mol. The van der Waals surface area contributed by atoms with E-state index >= 15 is 0 Å². The summed E-state index contributed by atoms with van der Waals surface area (Å²) >= 11 is 0. The van der Waals surface area contributed by atoms with Gasteiger partial charge in [-0.2, -0.15) is 5.10 Å². The lowest BCUT2D eigenvalue weighted by atomic mass is 9.89. The minimum atomic E-state index is -1.41. The highest BCUT2D eigenvalue weighted by Crippen LogP contribution is 2.41. The molecule has 4 aromatic rings. The number of fused-ring (bicyclic) bond motifs is 2. The Kier molecular flexibility index (Phi) is 6.80. The Bertz CT molecular complexity index is 1630. The maximum atomic E-state index is 13.8. The number of benzene rings is 2. The maximum Gasteiger partial charge on any atom is 0.339 e. The zero-order valence-corrected chi connectivity index (χ0v) is 22.7. The minimum Gasteiger partial charge on any atom is -0.493 e. The highest BCUT2D eigenvalue weighted by atomic mass is 19.1. The average Bonchev–Trinajstić information content (AvgIpc) is 3.30. The third kappa shape index (κ3) is 4.94. The number of hydrogen-bond donors (Lipinski definition) is 1. The molecule has 1 N–H and O–H groups in total. The van der Waals surface area contributed by atoms with Crippen molar-refractivity contribution < 1.29 is 23.8 Å². The van der Waals surface area contributed by atoms with Crippen molar-refractivity contribution in [2.24, 2.45) is 7.05 Å². The van der Waals surface area contributed by atoms with E-state index < -0.39 is 23.2 Å². The van der Waals surface area contributed by atoms with Crippen molar-refractivity contribution in [1.29, 1.82) is 0 Å². The molecule has 204 valence electrons. The maximum absolute atomic E-state index is 13.8. The van der Waals surface area contributed by atoms with Crippen LogP contribution in [0.4, 0.5) is 4.39 Å². The Labute approximate surface area is 225 Å². The van der Waals surface area contributed by atoms with E-state index in [1.807, 2.05) is 19.1 Å². The zero-order valence-electron chi connectivity index (χ0n) is 22.7. The van der Waals surface area contributed by atoms with E-state index in [1.165, 1.54) is 16.7 Å². The van der Waals surface area contributed by atoms with Crippen LogP contribution in [0.3, 0.4) is 0 Å². The second kappa shape index (κ2) is 9.96. The summed E-state index contributed by atoms with van der Waals surface area (Å²) in [6.45, 7) is 8.23. The van der Waals surface area contributed by atoms with Gasteiger partial charge in [0.25, 0.3) is 5.56 Å². The van der Waals surface area contributed by atoms with Crippen molar-refractivity contribution in [1.82, 2.24) is 14.3 Å². The van der Waals surface area contributed by atoms with Crippen LogP contribution in [0.1, 0.15) is 55.7 Å². The Morgan fingerprint density at radius 1 is 1.21 bits per heavy atom. The van der Waals surface area contributed by atoms with Gasteiger partial charge in [-0.25, -0.2) is 9.18 Å². The van der Waals surface area contributed by atoms with E-state index in [-0.39, 0.29) is 18.1 Å². The molecule has 0 fully saturated rings. The van der Waals surface area contributed by atoms with Crippen LogP contribution in [0, 0.1) is 12.7 Å². The Balaban J connectivity index is 1.82. The first kappa shape index (κ1) is 26.6. The van der Waals surface area contributed by atoms with Gasteiger partial charge in [0.05, 0.1) is 30.6 Å². The van der Waals surface area contributed by atoms with Crippen LogP contribution < -0.4 is 10.3 Å². The van der Waals surface area contributed by atoms with Crippen molar-refractivity contribution in [2.45, 2.75) is 58.8 Å². The Morgan fingerprint density at radius 3 is 2.59 bits per heavy atom. The monoisotopic (exact) mass is 533 g/mol. The topological polar surface area (TPSA) is 95.6 Å². The van der Waals surface area contributed by atoms with Crippen LogP contribution in [0.2, 0.25) is 0 Å². The molecule has 0 bridgehead atoms. The molecule has 39 heavy (non-hydrogen) atoms. The van der Waals surface area contributed by atoms with Gasteiger partial charge in [0.2, 0.25) is 0 Å². The fourth-order valence-corrected chi connectivity index (χ4v) is 5.30. The number of pyridine rings is 1. The molecular formula is C30H32FN3O5. The summed E-state index contributed by atoms with van der Waals surface area (Å²) in [5.41, 5.74) is 3.55. The van der Waals surface area contributed by atoms with Crippen molar-refractivity contribution in [3.05, 3.63) is 81.2 Å². The number of carboxylic acid groups (broad SMARTS) is 1. The first-order valence-corrected chi connectivity index (χ1v) is 13.0. The zero-order chi connectivity index (χ0) is 28.1. The third-order valence-electron chi connectivity index (χ3n) is 7.08. The van der Waals surface area contributed by atoms with E-state index in [4.69, 9.17) is 9.47 Å². The number of ether oxygens (including phenoxy) is 2. The number of aromatic nitrogens is 3. The van der Waals surface area contributed by atoms with E-state index in [2.05, 4.69) is 5.10 Å². The molecule has 2 aromatic heterocycles. The minimum absolute atomic E-state index is 0.246. The normalized spacial score (nSPS) is 14.2. The van der Waals surface area contributed by atoms with Gasteiger partial charge in [0.15, 0.2) is 6.10 Å². The van der Waals surface area contributed by atoms with Gasteiger partial charge in [0, 0.05) is 18.0 Å². The van der Waals surface area contributed by atoms with Gasteiger partial charge in [-0.3, -0.25) is 9.48 Å². The lowest BCUT2D eigenvalue weighted by molar-refractivity contribution is -0.161. The van der Waals surface area contributed by atoms with Crippen LogP contribution in [0.5, 0.6) is 5.75 Å². The predicted octanol–water partition coefficient (Wildman–Crippen LogP) is 5.16. The first-order chi connectivity index (χ1) is 18.5. The lowest BCUT2D eigenvalue weighted by Gasteiger charge is -2.29. The van der Waals surface area contributed by atoms with Crippen LogP contribution in [0.25, 0.3) is 22.0 Å². The number of halogens is 1. The molecular weight excluding hydrogens is 501 g/mol. The molecule has 1 aliphatic rings. The van der Waals surface area contributed by atoms with Gasteiger partial charge in [-0.15, -0.1) is 0 Å². The summed E-state index contributed by atoms with van der Waals surface area (Å²) in [6, 6.07) is 9.84. The van der Waals surface area contributed by atoms with Gasteiger partial charge >= 0.3 is 5.97 Å². The second-order valence-corrected chi connectivity index (χ2v) is 10.9. The molecule has 1 unspecified atom stereocenters. The smallest absolute Gasteiger partial charge is 0.339 e. The molecule has 3 heterocycles. The first-order valence-electron chi connectivity index (χ1n) is 13.0. The molecule has 0 amide bonds. The van der Waals surface area contributed by atoms with Crippen molar-refractivity contribution in [3.63, 3.8) is 0 Å². The van der Waals surface area contributed by atoms with Crippen LogP contribution >= 0.6 is 0 Å². The van der Waals surface area contributed by atoms with E-state index in [1.54, 1.807) is 50.8 Å². The van der Waals surface area contributed by atoms with E-state index in [9.17, 15) is 19.1 Å². The SMILES string of the molecule is Cc1c(-c2c(C(OC(C)(C)C)C(=O)O)n(C)c(=O)c3c2cnn3Cc2ccc(F)cc2)ccc2c1CCCO2. The lowest BCUT2D eigenvalue weighted by Crippen LogP contribution is -2.33. The molecule has 2 aromatic carbocycles. The van der Waals surface area contributed by atoms with Gasteiger partial charge in [0.1, 0.15) is 17.1 Å². The fourth-order valence-electron chi connectivity index (χ4n) is 5.30.